The molecule has 1 unspecified atom stereocenters. The van der Waals surface area contributed by atoms with E-state index in [9.17, 15) is 4.79 Å². The lowest BCUT2D eigenvalue weighted by Crippen LogP contribution is -2.48. The van der Waals surface area contributed by atoms with Crippen molar-refractivity contribution in [2.75, 3.05) is 10.6 Å². The van der Waals surface area contributed by atoms with Gasteiger partial charge in [-0.2, -0.15) is 0 Å². The summed E-state index contributed by atoms with van der Waals surface area (Å²) in [6, 6.07) is 5.36. The predicted octanol–water partition coefficient (Wildman–Crippen LogP) is 2.82. The normalized spacial score (nSPS) is 17.3. The lowest BCUT2D eigenvalue weighted by molar-refractivity contribution is -0.128. The van der Waals surface area contributed by atoms with Crippen LogP contribution in [-0.2, 0) is 11.3 Å². The lowest BCUT2D eigenvalue weighted by Gasteiger charge is -2.36. The zero-order chi connectivity index (χ0) is 16.7. The van der Waals surface area contributed by atoms with Crippen LogP contribution in [0.3, 0.4) is 0 Å². The molecule has 0 saturated heterocycles. The molecule has 1 aromatic carbocycles. The number of hydrogen-bond acceptors (Lipinski definition) is 5. The van der Waals surface area contributed by atoms with Crippen molar-refractivity contribution in [2.24, 2.45) is 5.92 Å². The number of anilines is 2. The van der Waals surface area contributed by atoms with Gasteiger partial charge >= 0.3 is 0 Å². The average molecular weight is 315 g/mol. The number of aryl methyl sites for hydroxylation is 2. The number of nitrogens with zero attached hydrogens (tertiary/aromatic N) is 2. The molecule has 2 N–H and O–H groups in total. The van der Waals surface area contributed by atoms with Crippen LogP contribution in [0.2, 0.25) is 0 Å². The molecule has 6 heteroatoms. The van der Waals surface area contributed by atoms with Crippen molar-refractivity contribution in [3.05, 3.63) is 35.2 Å². The molecule has 1 aliphatic heterocycles. The first-order valence-corrected chi connectivity index (χ1v) is 7.67. The highest BCUT2D eigenvalue weighted by Gasteiger charge is 2.37. The van der Waals surface area contributed by atoms with E-state index < -0.39 is 6.10 Å². The van der Waals surface area contributed by atoms with E-state index in [0.717, 1.165) is 11.3 Å². The molecule has 3 rings (SSSR count). The highest BCUT2D eigenvalue weighted by atomic mass is 16.5. The Morgan fingerprint density at radius 2 is 2.09 bits per heavy atom. The van der Waals surface area contributed by atoms with Gasteiger partial charge in [0.05, 0.1) is 17.9 Å². The summed E-state index contributed by atoms with van der Waals surface area (Å²) in [7, 11) is 0. The Balaban J connectivity index is 2.06. The van der Waals surface area contributed by atoms with Crippen LogP contribution < -0.4 is 15.4 Å². The number of carbonyl (C=O) groups excluding carboxylic acids is 1. The molecule has 0 radical (unpaired) electrons. The first-order valence-electron chi connectivity index (χ1n) is 7.67. The van der Waals surface area contributed by atoms with E-state index in [4.69, 9.17) is 15.0 Å². The van der Waals surface area contributed by atoms with Gasteiger partial charge in [0.1, 0.15) is 11.5 Å². The highest BCUT2D eigenvalue weighted by molar-refractivity contribution is 6.00. The quantitative estimate of drug-likeness (QED) is 0.881. The van der Waals surface area contributed by atoms with Crippen LogP contribution in [0.15, 0.2) is 22.7 Å². The van der Waals surface area contributed by atoms with Gasteiger partial charge < -0.3 is 19.9 Å². The summed E-state index contributed by atoms with van der Waals surface area (Å²) in [5.41, 5.74) is 8.87. The van der Waals surface area contributed by atoms with E-state index in [2.05, 4.69) is 5.16 Å². The van der Waals surface area contributed by atoms with Gasteiger partial charge in [0, 0.05) is 11.3 Å². The Morgan fingerprint density at radius 3 is 2.70 bits per heavy atom. The minimum Gasteiger partial charge on any atom is -0.478 e. The fraction of sp³-hybridized carbons (Fsp3) is 0.412. The zero-order valence-corrected chi connectivity index (χ0v) is 13.8. The highest BCUT2D eigenvalue weighted by Crippen LogP contribution is 2.38. The Bertz CT molecular complexity index is 732. The summed E-state index contributed by atoms with van der Waals surface area (Å²) in [6.07, 6.45) is -0.508. The molecule has 6 nitrogen and oxygen atoms in total. The first kappa shape index (κ1) is 15.4. The molecule has 2 aromatic rings. The molecule has 0 bridgehead atoms. The maximum absolute atomic E-state index is 12.9. The summed E-state index contributed by atoms with van der Waals surface area (Å²) in [4.78, 5) is 14.6. The van der Waals surface area contributed by atoms with Crippen molar-refractivity contribution < 1.29 is 14.1 Å². The fourth-order valence-corrected chi connectivity index (χ4v) is 2.77. The van der Waals surface area contributed by atoms with Gasteiger partial charge in [-0.3, -0.25) is 4.79 Å². The van der Waals surface area contributed by atoms with E-state index in [1.165, 1.54) is 0 Å². The second-order valence-electron chi connectivity index (χ2n) is 6.24. The number of benzene rings is 1. The van der Waals surface area contributed by atoms with Crippen LogP contribution in [0.4, 0.5) is 11.4 Å². The molecule has 1 aromatic heterocycles. The fourth-order valence-electron chi connectivity index (χ4n) is 2.77. The maximum Gasteiger partial charge on any atom is 0.268 e. The molecule has 1 atom stereocenters. The molecule has 122 valence electrons. The minimum absolute atomic E-state index is 0.0698. The summed E-state index contributed by atoms with van der Waals surface area (Å²) in [5, 5.41) is 3.97. The third-order valence-electron chi connectivity index (χ3n) is 4.14. The molecule has 0 aliphatic carbocycles. The number of aromatic nitrogens is 1. The third kappa shape index (κ3) is 2.65. The topological polar surface area (TPSA) is 81.6 Å². The molecule has 1 aliphatic rings. The van der Waals surface area contributed by atoms with E-state index in [0.29, 0.717) is 29.4 Å². The van der Waals surface area contributed by atoms with Gasteiger partial charge in [-0.05, 0) is 38.0 Å². The van der Waals surface area contributed by atoms with Crippen molar-refractivity contribution in [2.45, 2.75) is 40.3 Å². The van der Waals surface area contributed by atoms with Crippen LogP contribution in [0.1, 0.15) is 30.9 Å². The minimum atomic E-state index is -0.508. The van der Waals surface area contributed by atoms with Gasteiger partial charge in [-0.15, -0.1) is 0 Å². The Morgan fingerprint density at radius 1 is 1.35 bits per heavy atom. The average Bonchev–Trinajstić information content (AvgIpc) is 2.81. The smallest absolute Gasteiger partial charge is 0.268 e. The van der Waals surface area contributed by atoms with Gasteiger partial charge in [-0.1, -0.05) is 19.0 Å². The molecule has 0 saturated carbocycles. The molecule has 2 heterocycles. The number of carbonyl (C=O) groups is 1. The van der Waals surface area contributed by atoms with Crippen molar-refractivity contribution in [1.82, 2.24) is 5.16 Å². The van der Waals surface area contributed by atoms with Crippen LogP contribution >= 0.6 is 0 Å². The third-order valence-corrected chi connectivity index (χ3v) is 4.14. The Hall–Kier alpha value is -2.50. The van der Waals surface area contributed by atoms with Crippen LogP contribution in [0.5, 0.6) is 5.75 Å². The number of amides is 1. The molecule has 1 amide bonds. The largest absolute Gasteiger partial charge is 0.478 e. The van der Waals surface area contributed by atoms with Gasteiger partial charge in [0.15, 0.2) is 6.10 Å². The zero-order valence-electron chi connectivity index (χ0n) is 13.8. The molecular weight excluding hydrogens is 294 g/mol. The van der Waals surface area contributed by atoms with E-state index in [1.54, 1.807) is 17.0 Å². The predicted molar refractivity (Wildman–Crippen MR) is 87.3 cm³/mol. The second-order valence-corrected chi connectivity index (χ2v) is 6.24. The Labute approximate surface area is 135 Å². The monoisotopic (exact) mass is 315 g/mol. The first-order chi connectivity index (χ1) is 10.9. The van der Waals surface area contributed by atoms with Crippen LogP contribution in [0.25, 0.3) is 0 Å². The summed E-state index contributed by atoms with van der Waals surface area (Å²) in [5.74, 6) is 1.39. The molecule has 0 spiro atoms. The molecule has 23 heavy (non-hydrogen) atoms. The van der Waals surface area contributed by atoms with Crippen molar-refractivity contribution >= 4 is 17.3 Å². The summed E-state index contributed by atoms with van der Waals surface area (Å²) < 4.78 is 11.1. The molecular formula is C17H21N3O3. The number of nitrogens with two attached hydrogens (primary N) is 1. The second kappa shape index (κ2) is 5.61. The number of hydrogen-bond donors (Lipinski definition) is 1. The number of ether oxygens (including phenoxy) is 1. The Kier molecular flexibility index (Phi) is 3.75. The summed E-state index contributed by atoms with van der Waals surface area (Å²) in [6.45, 7) is 8.05. The lowest BCUT2D eigenvalue weighted by atomic mass is 10.0. The van der Waals surface area contributed by atoms with E-state index in [1.807, 2.05) is 33.8 Å². The summed E-state index contributed by atoms with van der Waals surface area (Å²) >= 11 is 0. The van der Waals surface area contributed by atoms with Gasteiger partial charge in [0.25, 0.3) is 5.91 Å². The van der Waals surface area contributed by atoms with Crippen LogP contribution in [-0.4, -0.2) is 17.2 Å². The number of fused-ring (bicyclic) bond motifs is 1. The SMILES string of the molecule is Cc1noc(C)c1CN1C(=O)C(C(C)C)Oc2ccc(N)cc21. The van der Waals surface area contributed by atoms with E-state index >= 15 is 0 Å². The standard InChI is InChI=1S/C17H21N3O3/c1-9(2)16-17(21)20(8-13-10(3)19-23-11(13)4)14-7-12(18)5-6-15(14)22-16/h5-7,9,16H,8,18H2,1-4H3. The van der Waals surface area contributed by atoms with E-state index in [-0.39, 0.29) is 11.8 Å². The van der Waals surface area contributed by atoms with Gasteiger partial charge in [-0.25, -0.2) is 0 Å². The number of rotatable bonds is 3. The number of nitrogen functional groups attached to an aromatic ring is 1. The molecule has 0 fully saturated rings. The van der Waals surface area contributed by atoms with Crippen molar-refractivity contribution in [1.29, 1.82) is 0 Å². The van der Waals surface area contributed by atoms with Crippen LogP contribution in [0, 0.1) is 19.8 Å². The maximum atomic E-state index is 12.9. The van der Waals surface area contributed by atoms with Crippen molar-refractivity contribution in [3.63, 3.8) is 0 Å². The van der Waals surface area contributed by atoms with Gasteiger partial charge in [0.2, 0.25) is 0 Å². The van der Waals surface area contributed by atoms with Crippen molar-refractivity contribution in [3.8, 4) is 5.75 Å².